The highest BCUT2D eigenvalue weighted by molar-refractivity contribution is 5.80. The number of aliphatic carboxylic acids is 1. The Kier molecular flexibility index (Phi) is 6.65. The third-order valence-electron chi connectivity index (χ3n) is 6.58. The summed E-state index contributed by atoms with van der Waals surface area (Å²) >= 11 is 0. The van der Waals surface area contributed by atoms with Gasteiger partial charge >= 0.3 is 5.97 Å². The Hall–Kier alpha value is -3.38. The predicted octanol–water partition coefficient (Wildman–Crippen LogP) is 4.78. The normalized spacial score (nSPS) is 17.2. The zero-order chi connectivity index (χ0) is 23.4. The van der Waals surface area contributed by atoms with Gasteiger partial charge in [-0.2, -0.15) is 0 Å². The number of fused-ring (bicyclic) bond motifs is 1. The number of hydrogen-bond donors (Lipinski definition) is 4. The van der Waals surface area contributed by atoms with Crippen LogP contribution < -0.4 is 16.0 Å². The van der Waals surface area contributed by atoms with Gasteiger partial charge in [-0.1, -0.05) is 61.5 Å². The van der Waals surface area contributed by atoms with Gasteiger partial charge in [-0.15, -0.1) is 0 Å². The van der Waals surface area contributed by atoms with Crippen LogP contribution in [0.2, 0.25) is 0 Å². The van der Waals surface area contributed by atoms with Crippen molar-refractivity contribution in [2.24, 2.45) is 0 Å². The van der Waals surface area contributed by atoms with E-state index in [9.17, 15) is 9.90 Å². The number of carboxylic acid groups (broad SMARTS) is 1. The number of carboxylic acids is 1. The molecule has 0 fully saturated rings. The van der Waals surface area contributed by atoms with E-state index in [4.69, 9.17) is 0 Å². The summed E-state index contributed by atoms with van der Waals surface area (Å²) in [5.41, 5.74) is 3.34. The van der Waals surface area contributed by atoms with Gasteiger partial charge in [-0.05, 0) is 48.6 Å². The van der Waals surface area contributed by atoms with Crippen molar-refractivity contribution in [1.82, 2.24) is 10.3 Å². The van der Waals surface area contributed by atoms with E-state index >= 15 is 0 Å². The first-order chi connectivity index (χ1) is 15.9. The first kappa shape index (κ1) is 22.8. The molecule has 0 spiro atoms. The van der Waals surface area contributed by atoms with Crippen molar-refractivity contribution in [2.75, 3.05) is 23.7 Å². The molecule has 1 aliphatic heterocycles. The van der Waals surface area contributed by atoms with Crippen LogP contribution >= 0.6 is 0 Å². The molecular weight excluding hydrogens is 412 g/mol. The standard InChI is InChI=1S/C27H32N4O2/c1-18(19-11-13-21(14-12-19)27(2,3)26(32)33)16-30-24(20-8-5-4-6-9-20)23-17-29-22-10-7-15-28-25(22)31-23/h4-15,18,23-24,29-30H,16-17H2,1-3H3,(H,28,31)(H,32,33)/t18-,23+,24+/m0/s1. The highest BCUT2D eigenvalue weighted by Gasteiger charge is 2.30. The molecule has 0 unspecified atom stereocenters. The number of benzene rings is 2. The van der Waals surface area contributed by atoms with Gasteiger partial charge in [0.2, 0.25) is 0 Å². The fourth-order valence-electron chi connectivity index (χ4n) is 4.24. The van der Waals surface area contributed by atoms with E-state index < -0.39 is 11.4 Å². The Morgan fingerprint density at radius 3 is 2.52 bits per heavy atom. The maximum absolute atomic E-state index is 11.6. The topological polar surface area (TPSA) is 86.3 Å². The lowest BCUT2D eigenvalue weighted by Gasteiger charge is -2.35. The van der Waals surface area contributed by atoms with Crippen LogP contribution in [0, 0.1) is 0 Å². The largest absolute Gasteiger partial charge is 0.481 e. The van der Waals surface area contributed by atoms with Crippen molar-refractivity contribution >= 4 is 17.5 Å². The Morgan fingerprint density at radius 2 is 1.82 bits per heavy atom. The summed E-state index contributed by atoms with van der Waals surface area (Å²) in [7, 11) is 0. The molecule has 4 rings (SSSR count). The minimum absolute atomic E-state index is 0.0986. The quantitative estimate of drug-likeness (QED) is 0.400. The molecule has 1 aromatic heterocycles. The second-order valence-corrected chi connectivity index (χ2v) is 9.28. The summed E-state index contributed by atoms with van der Waals surface area (Å²) in [6.45, 7) is 7.24. The fourth-order valence-corrected chi connectivity index (χ4v) is 4.24. The van der Waals surface area contributed by atoms with E-state index in [1.165, 1.54) is 11.1 Å². The van der Waals surface area contributed by atoms with Crippen LogP contribution in [0.3, 0.4) is 0 Å². The maximum atomic E-state index is 11.6. The van der Waals surface area contributed by atoms with Crippen molar-refractivity contribution in [3.63, 3.8) is 0 Å². The summed E-state index contributed by atoms with van der Waals surface area (Å²) in [6, 6.07) is 22.6. The molecule has 0 saturated heterocycles. The number of nitrogens with one attached hydrogen (secondary N) is 3. The lowest BCUT2D eigenvalue weighted by molar-refractivity contribution is -0.142. The molecule has 0 aliphatic carbocycles. The summed E-state index contributed by atoms with van der Waals surface area (Å²) in [5, 5.41) is 20.4. The van der Waals surface area contributed by atoms with Crippen LogP contribution in [-0.4, -0.2) is 35.2 Å². The van der Waals surface area contributed by atoms with Crippen molar-refractivity contribution in [3.8, 4) is 0 Å². The molecule has 4 N–H and O–H groups in total. The smallest absolute Gasteiger partial charge is 0.313 e. The number of aromatic nitrogens is 1. The second-order valence-electron chi connectivity index (χ2n) is 9.28. The van der Waals surface area contributed by atoms with Gasteiger partial charge in [0.05, 0.1) is 23.2 Å². The maximum Gasteiger partial charge on any atom is 0.313 e. The summed E-state index contributed by atoms with van der Waals surface area (Å²) in [5.74, 6) is 0.321. The van der Waals surface area contributed by atoms with Crippen LogP contribution in [0.1, 0.15) is 49.4 Å². The van der Waals surface area contributed by atoms with Crippen molar-refractivity contribution in [1.29, 1.82) is 0 Å². The highest BCUT2D eigenvalue weighted by Crippen LogP contribution is 2.29. The van der Waals surface area contributed by atoms with Gasteiger partial charge in [-0.25, -0.2) is 4.98 Å². The molecule has 6 nitrogen and oxygen atoms in total. The summed E-state index contributed by atoms with van der Waals surface area (Å²) in [4.78, 5) is 16.0. The molecule has 0 radical (unpaired) electrons. The monoisotopic (exact) mass is 444 g/mol. The number of rotatable bonds is 8. The molecular formula is C27H32N4O2. The van der Waals surface area contributed by atoms with E-state index in [0.717, 1.165) is 30.2 Å². The minimum Gasteiger partial charge on any atom is -0.481 e. The number of anilines is 2. The van der Waals surface area contributed by atoms with Crippen molar-refractivity contribution in [3.05, 3.63) is 89.6 Å². The van der Waals surface area contributed by atoms with Gasteiger partial charge in [0, 0.05) is 19.3 Å². The molecule has 3 aromatic rings. The first-order valence-electron chi connectivity index (χ1n) is 11.4. The van der Waals surface area contributed by atoms with Crippen LogP contribution in [-0.2, 0) is 10.2 Å². The van der Waals surface area contributed by atoms with E-state index in [0.29, 0.717) is 0 Å². The van der Waals surface area contributed by atoms with Gasteiger partial charge in [0.15, 0.2) is 0 Å². The zero-order valence-corrected chi connectivity index (χ0v) is 19.4. The number of carbonyl (C=O) groups is 1. The van der Waals surface area contributed by atoms with Crippen molar-refractivity contribution in [2.45, 2.75) is 44.2 Å². The molecule has 2 heterocycles. The lowest BCUT2D eigenvalue weighted by Crippen LogP contribution is -2.45. The molecule has 1 aliphatic rings. The molecule has 2 aromatic carbocycles. The third kappa shape index (κ3) is 5.01. The van der Waals surface area contributed by atoms with E-state index in [1.807, 2.05) is 42.5 Å². The average Bonchev–Trinajstić information content (AvgIpc) is 2.84. The van der Waals surface area contributed by atoms with Gasteiger partial charge in [-0.3, -0.25) is 4.79 Å². The lowest BCUT2D eigenvalue weighted by atomic mass is 9.83. The second kappa shape index (κ2) is 9.63. The number of hydrogen-bond acceptors (Lipinski definition) is 5. The van der Waals surface area contributed by atoms with Gasteiger partial charge in [0.1, 0.15) is 5.82 Å². The van der Waals surface area contributed by atoms with Crippen LogP contribution in [0.4, 0.5) is 11.5 Å². The molecule has 0 bridgehead atoms. The van der Waals surface area contributed by atoms with E-state index in [2.05, 4.69) is 52.1 Å². The Morgan fingerprint density at radius 1 is 1.09 bits per heavy atom. The first-order valence-corrected chi connectivity index (χ1v) is 11.4. The average molecular weight is 445 g/mol. The highest BCUT2D eigenvalue weighted by atomic mass is 16.4. The summed E-state index contributed by atoms with van der Waals surface area (Å²) in [6.07, 6.45) is 1.80. The Labute approximate surface area is 195 Å². The Bertz CT molecular complexity index is 1080. The minimum atomic E-state index is -0.900. The molecule has 33 heavy (non-hydrogen) atoms. The van der Waals surface area contributed by atoms with Gasteiger partial charge < -0.3 is 21.1 Å². The predicted molar refractivity (Wildman–Crippen MR) is 133 cm³/mol. The van der Waals surface area contributed by atoms with E-state index in [-0.39, 0.29) is 18.0 Å². The zero-order valence-electron chi connectivity index (χ0n) is 19.4. The third-order valence-corrected chi connectivity index (χ3v) is 6.58. The molecule has 3 atom stereocenters. The SMILES string of the molecule is C[C@@H](CN[C@H](c1ccccc1)[C@H]1CNc2cccnc2N1)c1ccc(C(C)(C)C(=O)O)cc1. The molecule has 0 saturated carbocycles. The van der Waals surface area contributed by atoms with E-state index in [1.54, 1.807) is 20.0 Å². The van der Waals surface area contributed by atoms with Crippen LogP contribution in [0.15, 0.2) is 72.9 Å². The number of pyridine rings is 1. The molecule has 172 valence electrons. The summed E-state index contributed by atoms with van der Waals surface area (Å²) < 4.78 is 0. The fraction of sp³-hybridized carbons (Fsp3) is 0.333. The van der Waals surface area contributed by atoms with Crippen molar-refractivity contribution < 1.29 is 9.90 Å². The van der Waals surface area contributed by atoms with Crippen LogP contribution in [0.5, 0.6) is 0 Å². The number of nitrogens with zero attached hydrogens (tertiary/aromatic N) is 1. The van der Waals surface area contributed by atoms with Gasteiger partial charge in [0.25, 0.3) is 0 Å². The Balaban J connectivity index is 1.48. The van der Waals surface area contributed by atoms with Crippen LogP contribution in [0.25, 0.3) is 0 Å². The molecule has 6 heteroatoms. The molecule has 0 amide bonds.